The van der Waals surface area contributed by atoms with E-state index in [1.165, 1.54) is 5.56 Å². The Kier molecular flexibility index (Phi) is 6.23. The second-order valence-corrected chi connectivity index (χ2v) is 8.26. The summed E-state index contributed by atoms with van der Waals surface area (Å²) in [6, 6.07) is 7.96. The number of rotatable bonds is 7. The van der Waals surface area contributed by atoms with Crippen LogP contribution in [0.2, 0.25) is 0 Å². The fraction of sp³-hybridized carbons (Fsp3) is 0.625. The SMILES string of the molecule is CCCc1ccc(OCC(CS(N)(=O)=O)C(C)(C)C)cc1. The molecule has 0 heterocycles. The lowest BCUT2D eigenvalue weighted by atomic mass is 9.82. The van der Waals surface area contributed by atoms with Gasteiger partial charge in [0.15, 0.2) is 0 Å². The Labute approximate surface area is 128 Å². The fourth-order valence-corrected chi connectivity index (χ4v) is 3.22. The molecule has 0 bridgehead atoms. The van der Waals surface area contributed by atoms with Gasteiger partial charge in [-0.15, -0.1) is 0 Å². The van der Waals surface area contributed by atoms with Gasteiger partial charge in [-0.05, 0) is 29.5 Å². The van der Waals surface area contributed by atoms with E-state index in [2.05, 4.69) is 6.92 Å². The molecule has 0 radical (unpaired) electrons. The van der Waals surface area contributed by atoms with Crippen LogP contribution in [0.15, 0.2) is 24.3 Å². The molecule has 0 saturated carbocycles. The number of nitrogens with two attached hydrogens (primary N) is 1. The first-order chi connectivity index (χ1) is 9.62. The van der Waals surface area contributed by atoms with E-state index >= 15 is 0 Å². The summed E-state index contributed by atoms with van der Waals surface area (Å²) < 4.78 is 28.4. The number of primary sulfonamides is 1. The Morgan fingerprint density at radius 1 is 1.19 bits per heavy atom. The highest BCUT2D eigenvalue weighted by molar-refractivity contribution is 7.89. The Bertz CT molecular complexity index is 530. The molecule has 21 heavy (non-hydrogen) atoms. The highest BCUT2D eigenvalue weighted by Crippen LogP contribution is 2.28. The number of aryl methyl sites for hydroxylation is 1. The molecule has 0 saturated heterocycles. The van der Waals surface area contributed by atoms with Crippen molar-refractivity contribution >= 4 is 10.0 Å². The van der Waals surface area contributed by atoms with Gasteiger partial charge in [-0.2, -0.15) is 0 Å². The molecule has 0 aliphatic heterocycles. The fourth-order valence-electron chi connectivity index (χ4n) is 2.07. The maximum atomic E-state index is 11.3. The van der Waals surface area contributed by atoms with Crippen LogP contribution in [0.5, 0.6) is 5.75 Å². The quantitative estimate of drug-likeness (QED) is 0.841. The van der Waals surface area contributed by atoms with Crippen molar-refractivity contribution in [2.75, 3.05) is 12.4 Å². The molecule has 0 aromatic heterocycles. The summed E-state index contributed by atoms with van der Waals surface area (Å²) in [6.07, 6.45) is 2.16. The van der Waals surface area contributed by atoms with E-state index < -0.39 is 10.0 Å². The third-order valence-electron chi connectivity index (χ3n) is 3.57. The maximum absolute atomic E-state index is 11.3. The first kappa shape index (κ1) is 18.0. The van der Waals surface area contributed by atoms with Crippen molar-refractivity contribution in [2.45, 2.75) is 40.5 Å². The molecule has 4 nitrogen and oxygen atoms in total. The summed E-state index contributed by atoms with van der Waals surface area (Å²) in [5.41, 5.74) is 1.09. The molecule has 1 rings (SSSR count). The Morgan fingerprint density at radius 2 is 1.76 bits per heavy atom. The van der Waals surface area contributed by atoms with E-state index in [0.29, 0.717) is 6.61 Å². The summed E-state index contributed by atoms with van der Waals surface area (Å²) >= 11 is 0. The minimum Gasteiger partial charge on any atom is -0.493 e. The van der Waals surface area contributed by atoms with E-state index in [1.807, 2.05) is 45.0 Å². The van der Waals surface area contributed by atoms with Crippen LogP contribution in [0.4, 0.5) is 0 Å². The third-order valence-corrected chi connectivity index (χ3v) is 4.44. The highest BCUT2D eigenvalue weighted by Gasteiger charge is 2.29. The number of hydrogen-bond acceptors (Lipinski definition) is 3. The molecular formula is C16H27NO3S. The summed E-state index contributed by atoms with van der Waals surface area (Å²) in [4.78, 5) is 0. The summed E-state index contributed by atoms with van der Waals surface area (Å²) in [6.45, 7) is 8.47. The Morgan fingerprint density at radius 3 is 2.19 bits per heavy atom. The molecule has 1 atom stereocenters. The predicted molar refractivity (Wildman–Crippen MR) is 86.9 cm³/mol. The molecule has 1 aromatic carbocycles. The van der Waals surface area contributed by atoms with E-state index in [-0.39, 0.29) is 17.1 Å². The van der Waals surface area contributed by atoms with Crippen LogP contribution in [-0.4, -0.2) is 20.8 Å². The summed E-state index contributed by atoms with van der Waals surface area (Å²) in [7, 11) is -3.50. The van der Waals surface area contributed by atoms with Crippen LogP contribution in [0.25, 0.3) is 0 Å². The molecule has 1 unspecified atom stereocenters. The molecule has 0 aliphatic rings. The second-order valence-electron chi connectivity index (χ2n) is 6.60. The second kappa shape index (κ2) is 7.27. The average Bonchev–Trinajstić information content (AvgIpc) is 2.34. The van der Waals surface area contributed by atoms with Crippen LogP contribution in [0, 0.1) is 11.3 Å². The van der Waals surface area contributed by atoms with Crippen molar-refractivity contribution < 1.29 is 13.2 Å². The summed E-state index contributed by atoms with van der Waals surface area (Å²) in [5.74, 6) is 0.547. The zero-order valence-corrected chi connectivity index (χ0v) is 14.2. The van der Waals surface area contributed by atoms with Gasteiger partial charge in [0.25, 0.3) is 0 Å². The van der Waals surface area contributed by atoms with Crippen molar-refractivity contribution in [1.29, 1.82) is 0 Å². The molecule has 0 fully saturated rings. The van der Waals surface area contributed by atoms with Crippen molar-refractivity contribution in [2.24, 2.45) is 16.5 Å². The van der Waals surface area contributed by atoms with E-state index in [1.54, 1.807) is 0 Å². The lowest BCUT2D eigenvalue weighted by Gasteiger charge is -2.29. The van der Waals surface area contributed by atoms with E-state index in [0.717, 1.165) is 18.6 Å². The average molecular weight is 313 g/mol. The van der Waals surface area contributed by atoms with E-state index in [4.69, 9.17) is 9.88 Å². The van der Waals surface area contributed by atoms with E-state index in [9.17, 15) is 8.42 Å². The van der Waals surface area contributed by atoms with Gasteiger partial charge in [-0.3, -0.25) is 0 Å². The molecule has 5 heteroatoms. The largest absolute Gasteiger partial charge is 0.493 e. The molecule has 2 N–H and O–H groups in total. The number of sulfonamides is 1. The van der Waals surface area contributed by atoms with Crippen LogP contribution >= 0.6 is 0 Å². The monoisotopic (exact) mass is 313 g/mol. The van der Waals surface area contributed by atoms with Crippen molar-refractivity contribution in [3.63, 3.8) is 0 Å². The molecule has 0 amide bonds. The zero-order chi connectivity index (χ0) is 16.1. The van der Waals surface area contributed by atoms with Gasteiger partial charge < -0.3 is 4.74 Å². The van der Waals surface area contributed by atoms with Gasteiger partial charge in [0.05, 0.1) is 12.4 Å². The molecule has 120 valence electrons. The van der Waals surface area contributed by atoms with Crippen molar-refractivity contribution in [1.82, 2.24) is 0 Å². The first-order valence-corrected chi connectivity index (χ1v) is 9.05. The Balaban J connectivity index is 2.68. The molecule has 1 aromatic rings. The van der Waals surface area contributed by atoms with Gasteiger partial charge in [0.2, 0.25) is 10.0 Å². The third kappa shape index (κ3) is 6.96. The Hall–Kier alpha value is -1.07. The van der Waals surface area contributed by atoms with Gasteiger partial charge in [0, 0.05) is 5.92 Å². The van der Waals surface area contributed by atoms with Gasteiger partial charge in [0.1, 0.15) is 5.75 Å². The number of ether oxygens (including phenoxy) is 1. The topological polar surface area (TPSA) is 69.4 Å². The zero-order valence-electron chi connectivity index (χ0n) is 13.4. The van der Waals surface area contributed by atoms with Crippen LogP contribution in [-0.2, 0) is 16.4 Å². The molecular weight excluding hydrogens is 286 g/mol. The number of benzene rings is 1. The van der Waals surface area contributed by atoms with Crippen LogP contribution in [0.3, 0.4) is 0 Å². The summed E-state index contributed by atoms with van der Waals surface area (Å²) in [5, 5.41) is 5.17. The lowest BCUT2D eigenvalue weighted by Crippen LogP contribution is -2.35. The standard InChI is InChI=1S/C16H27NO3S/c1-5-6-13-7-9-15(10-8-13)20-11-14(16(2,3)4)12-21(17,18)19/h7-10,14H,5-6,11-12H2,1-4H3,(H2,17,18,19). The van der Waals surface area contributed by atoms with Gasteiger partial charge in [-0.1, -0.05) is 46.2 Å². The highest BCUT2D eigenvalue weighted by atomic mass is 32.2. The van der Waals surface area contributed by atoms with Crippen molar-refractivity contribution in [3.8, 4) is 5.75 Å². The number of hydrogen-bond donors (Lipinski definition) is 1. The van der Waals surface area contributed by atoms with Crippen LogP contribution in [0.1, 0.15) is 39.7 Å². The minimum atomic E-state index is -3.50. The predicted octanol–water partition coefficient (Wildman–Crippen LogP) is 2.97. The molecule has 0 aliphatic carbocycles. The van der Waals surface area contributed by atoms with Crippen molar-refractivity contribution in [3.05, 3.63) is 29.8 Å². The first-order valence-electron chi connectivity index (χ1n) is 7.34. The smallest absolute Gasteiger partial charge is 0.209 e. The maximum Gasteiger partial charge on any atom is 0.209 e. The normalized spacial score (nSPS) is 14.0. The van der Waals surface area contributed by atoms with Crippen LogP contribution < -0.4 is 9.88 Å². The van der Waals surface area contributed by atoms with Gasteiger partial charge >= 0.3 is 0 Å². The molecule has 0 spiro atoms. The lowest BCUT2D eigenvalue weighted by molar-refractivity contribution is 0.163. The minimum absolute atomic E-state index is 0.0651. The van der Waals surface area contributed by atoms with Gasteiger partial charge in [-0.25, -0.2) is 13.6 Å².